The van der Waals surface area contributed by atoms with Crippen molar-refractivity contribution in [2.45, 2.75) is 29.8 Å². The second-order valence-corrected chi connectivity index (χ2v) is 13.9. The Balaban J connectivity index is 1.63. The van der Waals surface area contributed by atoms with Gasteiger partial charge in [-0.25, -0.2) is 16.8 Å². The van der Waals surface area contributed by atoms with Gasteiger partial charge in [-0.3, -0.25) is 10.9 Å². The van der Waals surface area contributed by atoms with E-state index in [9.17, 15) is 30.0 Å². The molecule has 3 aromatic carbocycles. The lowest BCUT2D eigenvalue weighted by Gasteiger charge is -2.12. The molecule has 0 radical (unpaired) electrons. The lowest BCUT2D eigenvalue weighted by atomic mass is 10.1. The van der Waals surface area contributed by atoms with Gasteiger partial charge in [0.1, 0.15) is 0 Å². The minimum Gasteiger partial charge on any atom is -0.324 e. The highest BCUT2D eigenvalue weighted by molar-refractivity contribution is 7.91. The van der Waals surface area contributed by atoms with Crippen molar-refractivity contribution in [3.63, 3.8) is 0 Å². The molecule has 0 fully saturated rings. The molecule has 0 amide bonds. The molecular formula is C29H28F3N7O4S2. The predicted molar refractivity (Wildman–Crippen MR) is 168 cm³/mol. The molecule has 0 aliphatic heterocycles. The number of hydrazone groups is 2. The number of benzene rings is 3. The van der Waals surface area contributed by atoms with E-state index in [4.69, 9.17) is 0 Å². The Morgan fingerprint density at radius 3 is 1.53 bits per heavy atom. The van der Waals surface area contributed by atoms with E-state index < -0.39 is 31.4 Å². The van der Waals surface area contributed by atoms with Gasteiger partial charge in [-0.2, -0.15) is 33.3 Å². The van der Waals surface area contributed by atoms with Gasteiger partial charge < -0.3 is 5.32 Å². The van der Waals surface area contributed by atoms with E-state index in [-0.39, 0.29) is 33.1 Å². The van der Waals surface area contributed by atoms with Crippen molar-refractivity contribution in [1.82, 2.24) is 9.97 Å². The van der Waals surface area contributed by atoms with E-state index in [0.29, 0.717) is 22.6 Å². The third-order valence-corrected chi connectivity index (χ3v) is 8.51. The van der Waals surface area contributed by atoms with Crippen LogP contribution in [-0.4, -0.2) is 50.7 Å². The average Bonchev–Trinajstić information content (AvgIpc) is 2.97. The summed E-state index contributed by atoms with van der Waals surface area (Å²) in [4.78, 5) is 8.93. The van der Waals surface area contributed by atoms with Gasteiger partial charge in [0.15, 0.2) is 31.3 Å². The first-order chi connectivity index (χ1) is 21.0. The third kappa shape index (κ3) is 9.09. The molecule has 0 aliphatic carbocycles. The van der Waals surface area contributed by atoms with Crippen LogP contribution >= 0.6 is 0 Å². The fourth-order valence-corrected chi connectivity index (χ4v) is 5.08. The summed E-state index contributed by atoms with van der Waals surface area (Å²) in [5.74, 6) is 0.233. The third-order valence-electron chi connectivity index (χ3n) is 6.25. The van der Waals surface area contributed by atoms with Gasteiger partial charge in [-0.05, 0) is 67.4 Å². The maximum absolute atomic E-state index is 13.3. The highest BCUT2D eigenvalue weighted by Gasteiger charge is 2.30. The van der Waals surface area contributed by atoms with Gasteiger partial charge in [0.2, 0.25) is 5.95 Å². The number of alkyl halides is 3. The lowest BCUT2D eigenvalue weighted by Crippen LogP contribution is -2.08. The van der Waals surface area contributed by atoms with E-state index in [0.717, 1.165) is 24.6 Å². The van der Waals surface area contributed by atoms with Crippen molar-refractivity contribution >= 4 is 54.4 Å². The first kappa shape index (κ1) is 33.1. The Labute approximate surface area is 258 Å². The van der Waals surface area contributed by atoms with Crippen molar-refractivity contribution < 1.29 is 30.0 Å². The Morgan fingerprint density at radius 1 is 0.689 bits per heavy atom. The van der Waals surface area contributed by atoms with E-state index in [1.807, 2.05) is 0 Å². The maximum atomic E-state index is 13.3. The van der Waals surface area contributed by atoms with Crippen molar-refractivity contribution in [3.8, 4) is 0 Å². The molecule has 0 saturated carbocycles. The Kier molecular flexibility index (Phi) is 9.58. The number of nitrogens with one attached hydrogen (secondary N) is 3. The van der Waals surface area contributed by atoms with Gasteiger partial charge in [0.25, 0.3) is 0 Å². The van der Waals surface area contributed by atoms with Gasteiger partial charge in [-0.15, -0.1) is 0 Å². The summed E-state index contributed by atoms with van der Waals surface area (Å²) in [6.45, 7) is 3.38. The quantitative estimate of drug-likeness (QED) is 0.143. The molecule has 4 aromatic rings. The Hall–Kier alpha value is -4.83. The summed E-state index contributed by atoms with van der Waals surface area (Å²) < 4.78 is 86.8. The summed E-state index contributed by atoms with van der Waals surface area (Å²) in [7, 11) is -6.74. The molecule has 0 aliphatic rings. The zero-order valence-corrected chi connectivity index (χ0v) is 26.0. The van der Waals surface area contributed by atoms with Crippen LogP contribution in [0.5, 0.6) is 0 Å². The first-order valence-corrected chi connectivity index (χ1v) is 16.8. The maximum Gasteiger partial charge on any atom is 0.416 e. The normalized spacial score (nSPS) is 13.0. The molecule has 0 spiro atoms. The largest absolute Gasteiger partial charge is 0.416 e. The van der Waals surface area contributed by atoms with Crippen LogP contribution in [0.1, 0.15) is 30.5 Å². The van der Waals surface area contributed by atoms with E-state index in [2.05, 4.69) is 36.3 Å². The van der Waals surface area contributed by atoms with Crippen LogP contribution in [0.3, 0.4) is 0 Å². The average molecular weight is 660 g/mol. The summed E-state index contributed by atoms with van der Waals surface area (Å²) in [6.07, 6.45) is -2.33. The van der Waals surface area contributed by atoms with Crippen molar-refractivity contribution in [2.24, 2.45) is 10.2 Å². The van der Waals surface area contributed by atoms with E-state index in [1.54, 1.807) is 38.1 Å². The molecule has 0 saturated heterocycles. The van der Waals surface area contributed by atoms with Crippen LogP contribution in [0.15, 0.2) is 98.9 Å². The van der Waals surface area contributed by atoms with E-state index in [1.165, 1.54) is 42.5 Å². The van der Waals surface area contributed by atoms with E-state index >= 15 is 0 Å². The van der Waals surface area contributed by atoms with Gasteiger partial charge in [0, 0.05) is 24.3 Å². The fraction of sp³-hybridized carbons (Fsp3) is 0.172. The molecule has 1 aromatic heterocycles. The number of rotatable bonds is 10. The standard InChI is InChI=1S/C29H28F3N7O4S2/c1-18(20-8-12-24(13-9-20)44(3,40)41)36-38-26-17-27(39-37-19(2)21-10-14-25(15-11-21)45(4,42)43)35-28(34-26)33-23-7-5-6-22(16-23)29(30,31)32/h5-17H,1-4H3,(H3,33,34,35,38,39). The molecule has 16 heteroatoms. The lowest BCUT2D eigenvalue weighted by molar-refractivity contribution is -0.137. The molecular weight excluding hydrogens is 631 g/mol. The first-order valence-electron chi connectivity index (χ1n) is 13.0. The minimum atomic E-state index is -4.55. The Morgan fingerprint density at radius 2 is 1.13 bits per heavy atom. The number of anilines is 4. The molecule has 0 atom stereocenters. The number of halogens is 3. The monoisotopic (exact) mass is 659 g/mol. The van der Waals surface area contributed by atoms with Crippen LogP contribution < -0.4 is 16.2 Å². The summed E-state index contributed by atoms with van der Waals surface area (Å²) in [6, 6.07) is 18.2. The fourth-order valence-electron chi connectivity index (χ4n) is 3.82. The molecule has 45 heavy (non-hydrogen) atoms. The number of aromatic nitrogens is 2. The van der Waals surface area contributed by atoms with Gasteiger partial charge >= 0.3 is 6.18 Å². The second kappa shape index (κ2) is 13.0. The number of sulfone groups is 2. The zero-order chi connectivity index (χ0) is 33.0. The highest BCUT2D eigenvalue weighted by Crippen LogP contribution is 2.31. The van der Waals surface area contributed by atoms with Gasteiger partial charge in [-0.1, -0.05) is 30.3 Å². The molecule has 11 nitrogen and oxygen atoms in total. The summed E-state index contributed by atoms with van der Waals surface area (Å²) in [5, 5.41) is 11.4. The minimum absolute atomic E-state index is 0.0717. The molecule has 236 valence electrons. The highest BCUT2D eigenvalue weighted by atomic mass is 32.2. The predicted octanol–water partition coefficient (Wildman–Crippen LogP) is 5.72. The van der Waals surface area contributed by atoms with Crippen LogP contribution in [0.25, 0.3) is 0 Å². The molecule has 0 bridgehead atoms. The van der Waals surface area contributed by atoms with Crippen LogP contribution in [-0.2, 0) is 25.9 Å². The zero-order valence-electron chi connectivity index (χ0n) is 24.4. The number of hydrogen-bond donors (Lipinski definition) is 3. The van der Waals surface area contributed by atoms with Crippen molar-refractivity contribution in [1.29, 1.82) is 0 Å². The molecule has 3 N–H and O–H groups in total. The van der Waals surface area contributed by atoms with Crippen LogP contribution in [0.4, 0.5) is 36.4 Å². The van der Waals surface area contributed by atoms with Crippen molar-refractivity contribution in [2.75, 3.05) is 28.7 Å². The number of nitrogens with zero attached hydrogens (tertiary/aromatic N) is 4. The molecule has 4 rings (SSSR count). The SMILES string of the molecule is CC(=NNc1cc(NN=C(C)c2ccc(S(C)(=O)=O)cc2)nc(Nc2cccc(C(F)(F)F)c2)n1)c1ccc(S(C)(=O)=O)cc1. The smallest absolute Gasteiger partial charge is 0.324 e. The summed E-state index contributed by atoms with van der Waals surface area (Å²) >= 11 is 0. The summed E-state index contributed by atoms with van der Waals surface area (Å²) in [5.41, 5.74) is 7.03. The van der Waals surface area contributed by atoms with Crippen molar-refractivity contribution in [3.05, 3.63) is 95.6 Å². The topological polar surface area (TPSA) is 155 Å². The second-order valence-electron chi connectivity index (χ2n) is 9.88. The van der Waals surface area contributed by atoms with Gasteiger partial charge in [0.05, 0.1) is 26.8 Å². The molecule has 1 heterocycles. The Bertz CT molecular complexity index is 1870. The number of hydrogen-bond acceptors (Lipinski definition) is 11. The van der Waals surface area contributed by atoms with Crippen LogP contribution in [0, 0.1) is 0 Å². The van der Waals surface area contributed by atoms with Crippen LogP contribution in [0.2, 0.25) is 0 Å². The molecule has 0 unspecified atom stereocenters.